The molecule has 2 saturated heterocycles. The first-order valence-electron chi connectivity index (χ1n) is 8.03. The third-order valence-corrected chi connectivity index (χ3v) is 4.59. The fourth-order valence-electron chi connectivity index (χ4n) is 3.42. The topological polar surface area (TPSA) is 18.5 Å². The molecule has 2 aliphatic heterocycles. The average Bonchev–Trinajstić information content (AvgIpc) is 2.94. The monoisotopic (exact) mass is 273 g/mol. The van der Waals surface area contributed by atoms with Crippen LogP contribution in [0.25, 0.3) is 0 Å². The zero-order valence-electron chi connectivity index (χ0n) is 12.6. The summed E-state index contributed by atoms with van der Waals surface area (Å²) in [7, 11) is 0. The van der Waals surface area contributed by atoms with E-state index in [1.807, 2.05) is 0 Å². The molecule has 2 heterocycles. The van der Waals surface area contributed by atoms with Gasteiger partial charge in [-0.3, -0.25) is 9.80 Å². The summed E-state index contributed by atoms with van der Waals surface area (Å²) >= 11 is 0. The Hall–Kier alpha value is -0.900. The molecule has 1 N–H and O–H groups in total. The Morgan fingerprint density at radius 1 is 1.15 bits per heavy atom. The predicted molar refractivity (Wildman–Crippen MR) is 83.9 cm³/mol. The van der Waals surface area contributed by atoms with E-state index in [9.17, 15) is 0 Å². The Morgan fingerprint density at radius 3 is 2.65 bits per heavy atom. The standard InChI is InChI=1S/C17H27N3/c1-15-4-2-5-16(12-15)13-19-8-10-20(11-9-19)14-17-6-3-7-18-17/h2,4-5,12,17-18H,3,6-11,13-14H2,1H3. The number of piperazine rings is 1. The van der Waals surface area contributed by atoms with Crippen molar-refractivity contribution in [1.29, 1.82) is 0 Å². The summed E-state index contributed by atoms with van der Waals surface area (Å²) < 4.78 is 0. The first-order valence-corrected chi connectivity index (χ1v) is 8.03. The summed E-state index contributed by atoms with van der Waals surface area (Å²) in [5, 5.41) is 3.61. The minimum atomic E-state index is 0.748. The van der Waals surface area contributed by atoms with Crippen molar-refractivity contribution < 1.29 is 0 Å². The van der Waals surface area contributed by atoms with E-state index in [1.165, 1.54) is 63.2 Å². The summed E-state index contributed by atoms with van der Waals surface area (Å²) in [6, 6.07) is 9.66. The van der Waals surface area contributed by atoms with E-state index in [2.05, 4.69) is 46.3 Å². The molecule has 2 aliphatic rings. The van der Waals surface area contributed by atoms with E-state index in [0.29, 0.717) is 0 Å². The van der Waals surface area contributed by atoms with E-state index in [0.717, 1.165) is 12.6 Å². The molecule has 1 aromatic rings. The summed E-state index contributed by atoms with van der Waals surface area (Å²) in [4.78, 5) is 5.23. The lowest BCUT2D eigenvalue weighted by Gasteiger charge is -2.36. The highest BCUT2D eigenvalue weighted by molar-refractivity contribution is 5.22. The zero-order valence-corrected chi connectivity index (χ0v) is 12.6. The van der Waals surface area contributed by atoms with Gasteiger partial charge >= 0.3 is 0 Å². The molecule has 0 radical (unpaired) electrons. The molecule has 1 aromatic carbocycles. The van der Waals surface area contributed by atoms with Gasteiger partial charge < -0.3 is 5.32 Å². The van der Waals surface area contributed by atoms with Crippen molar-refractivity contribution >= 4 is 0 Å². The van der Waals surface area contributed by atoms with E-state index in [4.69, 9.17) is 0 Å². The predicted octanol–water partition coefficient (Wildman–Crippen LogP) is 1.86. The van der Waals surface area contributed by atoms with Crippen LogP contribution in [0.15, 0.2) is 24.3 Å². The average molecular weight is 273 g/mol. The Balaban J connectivity index is 1.43. The Kier molecular flexibility index (Phi) is 4.71. The van der Waals surface area contributed by atoms with Crippen LogP contribution in [0.2, 0.25) is 0 Å². The maximum absolute atomic E-state index is 3.61. The van der Waals surface area contributed by atoms with Gasteiger partial charge in [-0.1, -0.05) is 29.8 Å². The molecule has 0 saturated carbocycles. The molecule has 0 spiro atoms. The van der Waals surface area contributed by atoms with Gasteiger partial charge in [-0.15, -0.1) is 0 Å². The van der Waals surface area contributed by atoms with Gasteiger partial charge in [0.15, 0.2) is 0 Å². The Labute approximate surface area is 123 Å². The molecule has 2 fully saturated rings. The van der Waals surface area contributed by atoms with Crippen LogP contribution in [0.3, 0.4) is 0 Å². The van der Waals surface area contributed by atoms with Crippen molar-refractivity contribution in [3.05, 3.63) is 35.4 Å². The lowest BCUT2D eigenvalue weighted by Crippen LogP contribution is -2.49. The molecule has 0 aliphatic carbocycles. The quantitative estimate of drug-likeness (QED) is 0.903. The summed E-state index contributed by atoms with van der Waals surface area (Å²) in [5.41, 5.74) is 2.82. The summed E-state index contributed by atoms with van der Waals surface area (Å²) in [6.07, 6.45) is 2.72. The van der Waals surface area contributed by atoms with Crippen molar-refractivity contribution in [3.8, 4) is 0 Å². The number of hydrogen-bond acceptors (Lipinski definition) is 3. The van der Waals surface area contributed by atoms with Crippen molar-refractivity contribution in [3.63, 3.8) is 0 Å². The van der Waals surface area contributed by atoms with Crippen molar-refractivity contribution in [2.24, 2.45) is 0 Å². The summed E-state index contributed by atoms with van der Waals surface area (Å²) in [6.45, 7) is 10.6. The molecule has 0 amide bonds. The van der Waals surface area contributed by atoms with Gasteiger partial charge in [-0.2, -0.15) is 0 Å². The van der Waals surface area contributed by atoms with Gasteiger partial charge in [-0.25, -0.2) is 0 Å². The Bertz CT molecular complexity index is 418. The minimum Gasteiger partial charge on any atom is -0.313 e. The van der Waals surface area contributed by atoms with Gasteiger partial charge in [0.1, 0.15) is 0 Å². The first-order chi connectivity index (χ1) is 9.79. The van der Waals surface area contributed by atoms with Gasteiger partial charge in [0.05, 0.1) is 0 Å². The van der Waals surface area contributed by atoms with Crippen LogP contribution >= 0.6 is 0 Å². The van der Waals surface area contributed by atoms with Gasteiger partial charge in [0.2, 0.25) is 0 Å². The van der Waals surface area contributed by atoms with Gasteiger partial charge in [0, 0.05) is 45.3 Å². The number of benzene rings is 1. The molecule has 20 heavy (non-hydrogen) atoms. The van der Waals surface area contributed by atoms with Crippen LogP contribution in [0.5, 0.6) is 0 Å². The number of rotatable bonds is 4. The number of nitrogens with zero attached hydrogens (tertiary/aromatic N) is 2. The molecule has 1 atom stereocenters. The fraction of sp³-hybridized carbons (Fsp3) is 0.647. The first kappa shape index (κ1) is 14.1. The number of aryl methyl sites for hydroxylation is 1. The van der Waals surface area contributed by atoms with E-state index < -0.39 is 0 Å². The molecule has 0 bridgehead atoms. The molecule has 3 heteroatoms. The third kappa shape index (κ3) is 3.81. The molecular formula is C17H27N3. The van der Waals surface area contributed by atoms with Crippen molar-refractivity contribution in [1.82, 2.24) is 15.1 Å². The highest BCUT2D eigenvalue weighted by Gasteiger charge is 2.21. The van der Waals surface area contributed by atoms with E-state index in [-0.39, 0.29) is 0 Å². The highest BCUT2D eigenvalue weighted by Crippen LogP contribution is 2.12. The van der Waals surface area contributed by atoms with Crippen LogP contribution < -0.4 is 5.32 Å². The molecule has 3 nitrogen and oxygen atoms in total. The summed E-state index contributed by atoms with van der Waals surface area (Å²) in [5.74, 6) is 0. The third-order valence-electron chi connectivity index (χ3n) is 4.59. The fourth-order valence-corrected chi connectivity index (χ4v) is 3.42. The molecule has 0 aromatic heterocycles. The molecule has 110 valence electrons. The second-order valence-electron chi connectivity index (χ2n) is 6.36. The van der Waals surface area contributed by atoms with Crippen molar-refractivity contribution in [2.75, 3.05) is 39.3 Å². The maximum atomic E-state index is 3.61. The van der Waals surface area contributed by atoms with E-state index >= 15 is 0 Å². The largest absolute Gasteiger partial charge is 0.313 e. The van der Waals surface area contributed by atoms with Crippen LogP contribution in [0.1, 0.15) is 24.0 Å². The van der Waals surface area contributed by atoms with Gasteiger partial charge in [0.25, 0.3) is 0 Å². The highest BCUT2D eigenvalue weighted by atomic mass is 15.3. The van der Waals surface area contributed by atoms with Gasteiger partial charge in [-0.05, 0) is 31.9 Å². The van der Waals surface area contributed by atoms with E-state index in [1.54, 1.807) is 0 Å². The van der Waals surface area contributed by atoms with Crippen LogP contribution in [-0.4, -0.2) is 55.1 Å². The normalized spacial score (nSPS) is 25.1. The zero-order chi connectivity index (χ0) is 13.8. The lowest BCUT2D eigenvalue weighted by atomic mass is 10.1. The minimum absolute atomic E-state index is 0.748. The van der Waals surface area contributed by atoms with Crippen LogP contribution in [0.4, 0.5) is 0 Å². The lowest BCUT2D eigenvalue weighted by molar-refractivity contribution is 0.120. The maximum Gasteiger partial charge on any atom is 0.0234 e. The number of hydrogen-bond donors (Lipinski definition) is 1. The molecular weight excluding hydrogens is 246 g/mol. The second kappa shape index (κ2) is 6.70. The van der Waals surface area contributed by atoms with Crippen LogP contribution in [-0.2, 0) is 6.54 Å². The van der Waals surface area contributed by atoms with Crippen LogP contribution in [0, 0.1) is 6.92 Å². The molecule has 1 unspecified atom stereocenters. The second-order valence-corrected chi connectivity index (χ2v) is 6.36. The Morgan fingerprint density at radius 2 is 1.95 bits per heavy atom. The number of nitrogens with one attached hydrogen (secondary N) is 1. The van der Waals surface area contributed by atoms with Crippen molar-refractivity contribution in [2.45, 2.75) is 32.4 Å². The molecule has 3 rings (SSSR count). The smallest absolute Gasteiger partial charge is 0.0234 e. The SMILES string of the molecule is Cc1cccc(CN2CCN(CC3CCCN3)CC2)c1.